The second-order valence-electron chi connectivity index (χ2n) is 4.97. The first-order valence-corrected chi connectivity index (χ1v) is 7.79. The lowest BCUT2D eigenvalue weighted by Crippen LogP contribution is -2.21. The molecule has 0 aliphatic heterocycles. The molecule has 0 bridgehead atoms. The first-order chi connectivity index (χ1) is 8.76. The zero-order chi connectivity index (χ0) is 13.0. The fourth-order valence-electron chi connectivity index (χ4n) is 2.79. The molecule has 98 valence electrons. The van der Waals surface area contributed by atoms with E-state index < -0.39 is 0 Å². The molecule has 1 aromatic rings. The van der Waals surface area contributed by atoms with Crippen molar-refractivity contribution in [1.29, 1.82) is 0 Å². The Bertz CT molecular complexity index is 425. The van der Waals surface area contributed by atoms with Crippen molar-refractivity contribution in [3.63, 3.8) is 0 Å². The van der Waals surface area contributed by atoms with Crippen molar-refractivity contribution in [2.75, 3.05) is 7.05 Å². The minimum absolute atomic E-state index is 0.0386. The van der Waals surface area contributed by atoms with E-state index in [0.717, 1.165) is 10.9 Å². The molecule has 0 saturated heterocycles. The number of hydrogen-bond acceptors (Lipinski definition) is 1. The fraction of sp³-hybridized carbons (Fsp3) is 0.533. The molecule has 0 radical (unpaired) electrons. The van der Waals surface area contributed by atoms with Crippen molar-refractivity contribution in [3.05, 3.63) is 34.9 Å². The van der Waals surface area contributed by atoms with Crippen molar-refractivity contribution in [3.8, 4) is 0 Å². The van der Waals surface area contributed by atoms with Gasteiger partial charge in [0, 0.05) is 17.9 Å². The Labute approximate surface area is 117 Å². The number of halogens is 1. The molecule has 1 amide bonds. The Morgan fingerprint density at radius 3 is 2.67 bits per heavy atom. The van der Waals surface area contributed by atoms with Gasteiger partial charge in [-0.25, -0.2) is 0 Å². The van der Waals surface area contributed by atoms with Gasteiger partial charge in [-0.15, -0.1) is 0 Å². The first-order valence-electron chi connectivity index (χ1n) is 6.67. The first kappa shape index (κ1) is 13.6. The number of alkyl halides is 1. The second-order valence-corrected chi connectivity index (χ2v) is 5.53. The van der Waals surface area contributed by atoms with Crippen molar-refractivity contribution in [2.45, 2.75) is 43.4 Å². The molecule has 0 aromatic heterocycles. The normalized spacial score (nSPS) is 16.6. The number of nitrogens with one attached hydrogen (secondary N) is 1. The summed E-state index contributed by atoms with van der Waals surface area (Å²) >= 11 is 3.49. The van der Waals surface area contributed by atoms with E-state index >= 15 is 0 Å². The van der Waals surface area contributed by atoms with Crippen LogP contribution in [0.4, 0.5) is 0 Å². The third-order valence-electron chi connectivity index (χ3n) is 3.79. The van der Waals surface area contributed by atoms with Gasteiger partial charge in [-0.1, -0.05) is 47.3 Å². The smallest absolute Gasteiger partial charge is 0.251 e. The lowest BCUT2D eigenvalue weighted by atomic mass is 9.81. The van der Waals surface area contributed by atoms with Crippen LogP contribution in [0.5, 0.6) is 0 Å². The number of carbonyl (C=O) groups is 1. The maximum Gasteiger partial charge on any atom is 0.251 e. The average Bonchev–Trinajstić information content (AvgIpc) is 2.46. The SMILES string of the molecule is CNC(=O)c1ccc(CBr)cc1C1CCCCC1. The summed E-state index contributed by atoms with van der Waals surface area (Å²) in [5.74, 6) is 0.599. The molecule has 1 fully saturated rings. The Hall–Kier alpha value is -0.830. The number of rotatable bonds is 3. The van der Waals surface area contributed by atoms with E-state index in [-0.39, 0.29) is 5.91 Å². The lowest BCUT2D eigenvalue weighted by molar-refractivity contribution is 0.0961. The maximum atomic E-state index is 12.0. The van der Waals surface area contributed by atoms with Gasteiger partial charge < -0.3 is 5.32 Å². The fourth-order valence-corrected chi connectivity index (χ4v) is 3.14. The number of hydrogen-bond donors (Lipinski definition) is 1. The average molecular weight is 310 g/mol. The van der Waals surface area contributed by atoms with Gasteiger partial charge in [0.25, 0.3) is 5.91 Å². The molecular formula is C15H20BrNO. The topological polar surface area (TPSA) is 29.1 Å². The van der Waals surface area contributed by atoms with E-state index in [1.807, 2.05) is 12.1 Å². The largest absolute Gasteiger partial charge is 0.355 e. The minimum Gasteiger partial charge on any atom is -0.355 e. The standard InChI is InChI=1S/C15H20BrNO/c1-17-15(18)13-8-7-11(10-16)9-14(13)12-5-3-2-4-6-12/h7-9,12H,2-6,10H2,1H3,(H,17,18). The molecule has 0 atom stereocenters. The highest BCUT2D eigenvalue weighted by molar-refractivity contribution is 9.08. The van der Waals surface area contributed by atoms with Crippen LogP contribution in [0.25, 0.3) is 0 Å². The Morgan fingerprint density at radius 2 is 2.06 bits per heavy atom. The number of amides is 1. The summed E-state index contributed by atoms with van der Waals surface area (Å²) in [5, 5.41) is 3.60. The van der Waals surface area contributed by atoms with Gasteiger partial charge in [-0.3, -0.25) is 4.79 Å². The molecule has 0 unspecified atom stereocenters. The van der Waals surface area contributed by atoms with Crippen LogP contribution in [0.15, 0.2) is 18.2 Å². The van der Waals surface area contributed by atoms with E-state index in [9.17, 15) is 4.79 Å². The molecule has 18 heavy (non-hydrogen) atoms. The summed E-state index contributed by atoms with van der Waals surface area (Å²) in [6.45, 7) is 0. The van der Waals surface area contributed by atoms with E-state index in [1.54, 1.807) is 7.05 Å². The Morgan fingerprint density at radius 1 is 1.33 bits per heavy atom. The van der Waals surface area contributed by atoms with Gasteiger partial charge in [-0.05, 0) is 36.0 Å². The Balaban J connectivity index is 2.36. The van der Waals surface area contributed by atoms with Gasteiger partial charge in [0.2, 0.25) is 0 Å². The number of carbonyl (C=O) groups excluding carboxylic acids is 1. The third-order valence-corrected chi connectivity index (χ3v) is 4.43. The monoisotopic (exact) mass is 309 g/mol. The van der Waals surface area contributed by atoms with Crippen LogP contribution in [0.2, 0.25) is 0 Å². The minimum atomic E-state index is 0.0386. The molecule has 0 spiro atoms. The van der Waals surface area contributed by atoms with Crippen LogP contribution in [0, 0.1) is 0 Å². The molecule has 3 heteroatoms. The predicted molar refractivity (Wildman–Crippen MR) is 78.3 cm³/mol. The van der Waals surface area contributed by atoms with E-state index in [2.05, 4.69) is 27.3 Å². The summed E-state index contributed by atoms with van der Waals surface area (Å²) in [5.41, 5.74) is 3.35. The van der Waals surface area contributed by atoms with Gasteiger partial charge in [0.05, 0.1) is 0 Å². The maximum absolute atomic E-state index is 12.0. The van der Waals surface area contributed by atoms with Crippen LogP contribution in [0.1, 0.15) is 59.5 Å². The van der Waals surface area contributed by atoms with Gasteiger partial charge >= 0.3 is 0 Å². The predicted octanol–water partition coefficient (Wildman–Crippen LogP) is 3.99. The lowest BCUT2D eigenvalue weighted by Gasteiger charge is -2.24. The molecule has 0 heterocycles. The van der Waals surface area contributed by atoms with Crippen LogP contribution in [-0.4, -0.2) is 13.0 Å². The molecule has 1 aliphatic rings. The molecule has 1 aromatic carbocycles. The quantitative estimate of drug-likeness (QED) is 0.840. The highest BCUT2D eigenvalue weighted by Crippen LogP contribution is 2.35. The van der Waals surface area contributed by atoms with Crippen molar-refractivity contribution >= 4 is 21.8 Å². The van der Waals surface area contributed by atoms with Crippen LogP contribution < -0.4 is 5.32 Å². The van der Waals surface area contributed by atoms with Gasteiger partial charge in [-0.2, -0.15) is 0 Å². The summed E-state index contributed by atoms with van der Waals surface area (Å²) in [6.07, 6.45) is 6.35. The molecule has 1 aliphatic carbocycles. The van der Waals surface area contributed by atoms with Gasteiger partial charge in [0.15, 0.2) is 0 Å². The van der Waals surface area contributed by atoms with Crippen LogP contribution in [-0.2, 0) is 5.33 Å². The van der Waals surface area contributed by atoms with Crippen molar-refractivity contribution in [1.82, 2.24) is 5.32 Å². The van der Waals surface area contributed by atoms with E-state index in [0.29, 0.717) is 5.92 Å². The van der Waals surface area contributed by atoms with Crippen molar-refractivity contribution in [2.24, 2.45) is 0 Å². The molecule has 2 rings (SSSR count). The highest BCUT2D eigenvalue weighted by Gasteiger charge is 2.21. The summed E-state index contributed by atoms with van der Waals surface area (Å²) < 4.78 is 0. The summed E-state index contributed by atoms with van der Waals surface area (Å²) in [6, 6.07) is 6.21. The second kappa shape index (κ2) is 6.37. The van der Waals surface area contributed by atoms with Crippen LogP contribution >= 0.6 is 15.9 Å². The molecular weight excluding hydrogens is 290 g/mol. The Kier molecular flexibility index (Phi) is 4.81. The van der Waals surface area contributed by atoms with Crippen molar-refractivity contribution < 1.29 is 4.79 Å². The summed E-state index contributed by atoms with van der Waals surface area (Å²) in [7, 11) is 1.70. The zero-order valence-electron chi connectivity index (χ0n) is 10.8. The zero-order valence-corrected chi connectivity index (χ0v) is 12.4. The van der Waals surface area contributed by atoms with E-state index in [1.165, 1.54) is 43.2 Å². The van der Waals surface area contributed by atoms with Crippen LogP contribution in [0.3, 0.4) is 0 Å². The summed E-state index contributed by atoms with van der Waals surface area (Å²) in [4.78, 5) is 12.0. The molecule has 2 nitrogen and oxygen atoms in total. The molecule has 1 N–H and O–H groups in total. The molecule has 1 saturated carbocycles. The third kappa shape index (κ3) is 2.94. The van der Waals surface area contributed by atoms with E-state index in [4.69, 9.17) is 0 Å². The highest BCUT2D eigenvalue weighted by atomic mass is 79.9. The number of benzene rings is 1. The van der Waals surface area contributed by atoms with Gasteiger partial charge in [0.1, 0.15) is 0 Å².